The van der Waals surface area contributed by atoms with Crippen LogP contribution in [0.15, 0.2) is 79.0 Å². The van der Waals surface area contributed by atoms with Gasteiger partial charge >= 0.3 is 0 Å². The highest BCUT2D eigenvalue weighted by Crippen LogP contribution is 2.36. The first-order valence-electron chi connectivity index (χ1n) is 12.9. The molecule has 1 aliphatic heterocycles. The van der Waals surface area contributed by atoms with Crippen molar-refractivity contribution in [1.82, 2.24) is 9.47 Å². The van der Waals surface area contributed by atoms with Crippen LogP contribution in [0.5, 0.6) is 11.5 Å². The summed E-state index contributed by atoms with van der Waals surface area (Å²) < 4.78 is 18.8. The molecule has 5 rings (SSSR count). The number of nitrogens with zero attached hydrogens (tertiary/aromatic N) is 2. The zero-order valence-electron chi connectivity index (χ0n) is 21.6. The predicted octanol–water partition coefficient (Wildman–Crippen LogP) is 5.48. The van der Waals surface area contributed by atoms with Crippen molar-refractivity contribution in [2.24, 2.45) is 0 Å². The fourth-order valence-corrected chi connectivity index (χ4v) is 5.10. The molecule has 4 aromatic rings. The number of benzene rings is 3. The van der Waals surface area contributed by atoms with E-state index in [1.54, 1.807) is 7.11 Å². The lowest BCUT2D eigenvalue weighted by atomic mass is 9.87. The third kappa shape index (κ3) is 5.65. The van der Waals surface area contributed by atoms with Gasteiger partial charge in [0.1, 0.15) is 11.5 Å². The summed E-state index contributed by atoms with van der Waals surface area (Å²) in [5.74, 6) is 1.77. The van der Waals surface area contributed by atoms with Gasteiger partial charge in [-0.3, -0.25) is 4.79 Å². The molecule has 1 unspecified atom stereocenters. The van der Waals surface area contributed by atoms with Crippen molar-refractivity contribution < 1.29 is 19.0 Å². The highest BCUT2D eigenvalue weighted by Gasteiger charge is 2.26. The quantitative estimate of drug-likeness (QED) is 0.307. The van der Waals surface area contributed by atoms with E-state index in [4.69, 9.17) is 14.2 Å². The molecule has 1 aromatic heterocycles. The first-order chi connectivity index (χ1) is 18.2. The average Bonchev–Trinajstić information content (AvgIpc) is 3.31. The summed E-state index contributed by atoms with van der Waals surface area (Å²) in [6, 6.07) is 24.8. The van der Waals surface area contributed by atoms with Gasteiger partial charge in [0.25, 0.3) is 0 Å². The number of rotatable bonds is 9. The minimum absolute atomic E-state index is 0.0759. The second kappa shape index (κ2) is 11.5. The number of ether oxygens (including phenoxy) is 3. The van der Waals surface area contributed by atoms with Gasteiger partial charge in [-0.1, -0.05) is 42.5 Å². The smallest absolute Gasteiger partial charge is 0.223 e. The molecular formula is C31H34N2O4. The van der Waals surface area contributed by atoms with Crippen molar-refractivity contribution in [1.29, 1.82) is 0 Å². The number of carbonyl (C=O) groups is 1. The molecule has 3 aromatic carbocycles. The SMILES string of the molecule is CCOc1ccc(C(CC(=O)N2CCOCC2)c2cn(Cc3ccc(OC)cc3)c3ccccc23)cc1. The number of carbonyl (C=O) groups excluding carboxylic acids is 1. The monoisotopic (exact) mass is 498 g/mol. The third-order valence-electron chi connectivity index (χ3n) is 7.04. The second-order valence-corrected chi connectivity index (χ2v) is 9.33. The first kappa shape index (κ1) is 24.9. The predicted molar refractivity (Wildman–Crippen MR) is 146 cm³/mol. The molecule has 1 aliphatic rings. The van der Waals surface area contributed by atoms with Crippen LogP contribution in [0, 0.1) is 0 Å². The van der Waals surface area contributed by atoms with Crippen LogP contribution in [-0.4, -0.2) is 55.4 Å². The summed E-state index contributed by atoms with van der Waals surface area (Å²) in [5, 5.41) is 1.17. The molecule has 1 atom stereocenters. The number of hydrogen-bond donors (Lipinski definition) is 0. The van der Waals surface area contributed by atoms with Crippen molar-refractivity contribution in [2.75, 3.05) is 40.0 Å². The zero-order chi connectivity index (χ0) is 25.6. The number of hydrogen-bond acceptors (Lipinski definition) is 4. The Balaban J connectivity index is 1.53. The van der Waals surface area contributed by atoms with Gasteiger partial charge in [0.15, 0.2) is 0 Å². The second-order valence-electron chi connectivity index (χ2n) is 9.33. The number of aromatic nitrogens is 1. The summed E-state index contributed by atoms with van der Waals surface area (Å²) in [7, 11) is 1.68. The summed E-state index contributed by atoms with van der Waals surface area (Å²) in [4.78, 5) is 15.4. The van der Waals surface area contributed by atoms with E-state index in [9.17, 15) is 4.79 Å². The standard InChI is InChI=1S/C31H34N2O4/c1-3-37-26-14-10-24(11-15-26)28(20-31(34)32-16-18-36-19-17-32)29-22-33(30-7-5-4-6-27(29)30)21-23-8-12-25(35-2)13-9-23/h4-15,22,28H,3,16-21H2,1-2H3. The molecule has 0 bridgehead atoms. The highest BCUT2D eigenvalue weighted by molar-refractivity contribution is 5.87. The van der Waals surface area contributed by atoms with E-state index < -0.39 is 0 Å². The van der Waals surface area contributed by atoms with Crippen LogP contribution >= 0.6 is 0 Å². The Morgan fingerprint density at radius 3 is 2.35 bits per heavy atom. The number of amides is 1. The van der Waals surface area contributed by atoms with Gasteiger partial charge in [0.2, 0.25) is 5.91 Å². The maximum absolute atomic E-state index is 13.4. The fraction of sp³-hybridized carbons (Fsp3) is 0.323. The minimum Gasteiger partial charge on any atom is -0.497 e. The zero-order valence-corrected chi connectivity index (χ0v) is 21.6. The van der Waals surface area contributed by atoms with Gasteiger partial charge in [-0.05, 0) is 53.9 Å². The van der Waals surface area contributed by atoms with E-state index in [0.29, 0.717) is 39.3 Å². The van der Waals surface area contributed by atoms with Crippen LogP contribution in [0.25, 0.3) is 10.9 Å². The molecule has 2 heterocycles. The molecule has 0 saturated carbocycles. The van der Waals surface area contributed by atoms with Crippen molar-refractivity contribution in [3.8, 4) is 11.5 Å². The Bertz CT molecular complexity index is 1320. The van der Waals surface area contributed by atoms with Crippen LogP contribution in [0.2, 0.25) is 0 Å². The lowest BCUT2D eigenvalue weighted by Crippen LogP contribution is -2.41. The summed E-state index contributed by atoms with van der Waals surface area (Å²) >= 11 is 0. The molecule has 1 fully saturated rings. The molecule has 37 heavy (non-hydrogen) atoms. The molecular weight excluding hydrogens is 464 g/mol. The maximum Gasteiger partial charge on any atom is 0.223 e. The normalized spacial score (nSPS) is 14.5. The molecule has 6 heteroatoms. The molecule has 1 amide bonds. The van der Waals surface area contributed by atoms with Crippen molar-refractivity contribution in [3.63, 3.8) is 0 Å². The lowest BCUT2D eigenvalue weighted by molar-refractivity contribution is -0.135. The number of methoxy groups -OCH3 is 1. The van der Waals surface area contributed by atoms with Gasteiger partial charge in [-0.2, -0.15) is 0 Å². The number of fused-ring (bicyclic) bond motifs is 1. The van der Waals surface area contributed by atoms with Crippen LogP contribution in [0.4, 0.5) is 0 Å². The number of morpholine rings is 1. The van der Waals surface area contributed by atoms with E-state index in [2.05, 4.69) is 59.3 Å². The third-order valence-corrected chi connectivity index (χ3v) is 7.04. The molecule has 0 N–H and O–H groups in total. The average molecular weight is 499 g/mol. The molecule has 0 radical (unpaired) electrons. The van der Waals surface area contributed by atoms with Gasteiger partial charge in [-0.25, -0.2) is 0 Å². The Morgan fingerprint density at radius 2 is 1.65 bits per heavy atom. The van der Waals surface area contributed by atoms with Gasteiger partial charge in [-0.15, -0.1) is 0 Å². The maximum atomic E-state index is 13.4. The van der Waals surface area contributed by atoms with Crippen LogP contribution in [0.1, 0.15) is 36.0 Å². The van der Waals surface area contributed by atoms with Gasteiger partial charge < -0.3 is 23.7 Å². The Morgan fingerprint density at radius 1 is 0.946 bits per heavy atom. The van der Waals surface area contributed by atoms with Crippen molar-refractivity contribution in [3.05, 3.63) is 95.7 Å². The fourth-order valence-electron chi connectivity index (χ4n) is 5.10. The van der Waals surface area contributed by atoms with E-state index in [1.165, 1.54) is 10.9 Å². The van der Waals surface area contributed by atoms with Crippen LogP contribution in [-0.2, 0) is 16.1 Å². The van der Waals surface area contributed by atoms with E-state index in [0.717, 1.165) is 34.7 Å². The van der Waals surface area contributed by atoms with Crippen LogP contribution < -0.4 is 9.47 Å². The Labute approximate surface area is 218 Å². The first-order valence-corrected chi connectivity index (χ1v) is 12.9. The molecule has 1 saturated heterocycles. The van der Waals surface area contributed by atoms with Crippen molar-refractivity contribution >= 4 is 16.8 Å². The van der Waals surface area contributed by atoms with E-state index >= 15 is 0 Å². The van der Waals surface area contributed by atoms with E-state index in [1.807, 2.05) is 36.1 Å². The molecule has 6 nitrogen and oxygen atoms in total. The van der Waals surface area contributed by atoms with E-state index in [-0.39, 0.29) is 11.8 Å². The summed E-state index contributed by atoms with van der Waals surface area (Å²) in [5.41, 5.74) is 4.62. The molecule has 0 aliphatic carbocycles. The topological polar surface area (TPSA) is 52.9 Å². The van der Waals surface area contributed by atoms with Crippen LogP contribution in [0.3, 0.4) is 0 Å². The lowest BCUT2D eigenvalue weighted by Gasteiger charge is -2.28. The van der Waals surface area contributed by atoms with Gasteiger partial charge in [0.05, 0.1) is 26.9 Å². The Kier molecular flexibility index (Phi) is 7.76. The largest absolute Gasteiger partial charge is 0.497 e. The summed E-state index contributed by atoms with van der Waals surface area (Å²) in [6.45, 7) is 5.83. The molecule has 0 spiro atoms. The van der Waals surface area contributed by atoms with Gasteiger partial charge in [0, 0.05) is 49.1 Å². The number of para-hydroxylation sites is 1. The highest BCUT2D eigenvalue weighted by atomic mass is 16.5. The molecule has 192 valence electrons. The van der Waals surface area contributed by atoms with Crippen molar-refractivity contribution in [2.45, 2.75) is 25.8 Å². The Hall–Kier alpha value is -3.77. The minimum atomic E-state index is -0.0759. The summed E-state index contributed by atoms with van der Waals surface area (Å²) in [6.07, 6.45) is 2.63.